The largest absolute Gasteiger partial charge is 0.573 e. The van der Waals surface area contributed by atoms with Gasteiger partial charge >= 0.3 is 6.36 Å². The number of carbonyl (C=O) groups excluding carboxylic acids is 1. The van der Waals surface area contributed by atoms with Crippen molar-refractivity contribution in [1.29, 1.82) is 0 Å². The maximum absolute atomic E-state index is 12.4. The van der Waals surface area contributed by atoms with E-state index in [-0.39, 0.29) is 23.1 Å². The van der Waals surface area contributed by atoms with Gasteiger partial charge in [-0.25, -0.2) is 13.4 Å². The van der Waals surface area contributed by atoms with Crippen LogP contribution in [0.2, 0.25) is 10.0 Å². The van der Waals surface area contributed by atoms with E-state index >= 15 is 0 Å². The van der Waals surface area contributed by atoms with E-state index in [1.165, 1.54) is 28.8 Å². The first kappa shape index (κ1) is 41.7. The van der Waals surface area contributed by atoms with Crippen molar-refractivity contribution in [2.45, 2.75) is 78.7 Å². The number of anilines is 2. The van der Waals surface area contributed by atoms with Crippen LogP contribution in [-0.4, -0.2) is 38.2 Å². The van der Waals surface area contributed by atoms with Crippen LogP contribution in [0.25, 0.3) is 0 Å². The molecule has 42 heavy (non-hydrogen) atoms. The highest BCUT2D eigenvalue weighted by Crippen LogP contribution is 2.36. The van der Waals surface area contributed by atoms with E-state index in [1.54, 1.807) is 44.0 Å². The Kier molecular flexibility index (Phi) is 18.8. The number of rotatable bonds is 7. The molecule has 0 aliphatic carbocycles. The van der Waals surface area contributed by atoms with Crippen LogP contribution in [-0.2, 0) is 25.8 Å². The van der Waals surface area contributed by atoms with Crippen molar-refractivity contribution in [2.24, 2.45) is 0 Å². The Morgan fingerprint density at radius 3 is 1.79 bits per heavy atom. The third-order valence-corrected chi connectivity index (χ3v) is 6.59. The lowest BCUT2D eigenvalue weighted by molar-refractivity contribution is -0.274. The number of carbonyl (C=O) groups is 1. The predicted molar refractivity (Wildman–Crippen MR) is 167 cm³/mol. The van der Waals surface area contributed by atoms with E-state index in [9.17, 15) is 21.6 Å². The van der Waals surface area contributed by atoms with Crippen molar-refractivity contribution < 1.29 is 31.1 Å². The normalized spacial score (nSPS) is 10.7. The SMILES string of the molecule is C=O.CC.CC.CC.CN(c1cc(Cl)cc(Cl)c1)c1ncc(S(=O)(=O)Cl)n1C(C)(C)Cc1ccc(OC(F)(F)F)cc1. The first-order valence-electron chi connectivity index (χ1n) is 12.9. The average molecular weight is 677 g/mol. The summed E-state index contributed by atoms with van der Waals surface area (Å²) in [5.41, 5.74) is 0.240. The lowest BCUT2D eigenvalue weighted by Gasteiger charge is -2.32. The fraction of sp³-hybridized carbons (Fsp3) is 0.429. The lowest BCUT2D eigenvalue weighted by Crippen LogP contribution is -2.33. The summed E-state index contributed by atoms with van der Waals surface area (Å²) in [6, 6.07) is 10.1. The van der Waals surface area contributed by atoms with Gasteiger partial charge in [-0.1, -0.05) is 76.9 Å². The topological polar surface area (TPSA) is 81.5 Å². The van der Waals surface area contributed by atoms with Crippen LogP contribution in [0.5, 0.6) is 5.75 Å². The van der Waals surface area contributed by atoms with Crippen molar-refractivity contribution in [3.63, 3.8) is 0 Å². The Balaban J connectivity index is 0. The predicted octanol–water partition coefficient (Wildman–Crippen LogP) is 9.66. The number of alkyl halides is 3. The zero-order valence-corrected chi connectivity index (χ0v) is 28.3. The Morgan fingerprint density at radius 2 is 1.38 bits per heavy atom. The third kappa shape index (κ3) is 12.8. The van der Waals surface area contributed by atoms with Crippen molar-refractivity contribution >= 4 is 61.4 Å². The summed E-state index contributed by atoms with van der Waals surface area (Å²) in [4.78, 5) is 13.9. The molecule has 7 nitrogen and oxygen atoms in total. The number of halogens is 6. The fourth-order valence-corrected chi connectivity index (χ4v) is 5.11. The van der Waals surface area contributed by atoms with Crippen molar-refractivity contribution in [3.8, 4) is 5.75 Å². The molecule has 0 aliphatic heterocycles. The molecule has 0 unspecified atom stereocenters. The summed E-state index contributed by atoms with van der Waals surface area (Å²) in [6.07, 6.45) is -3.43. The molecule has 0 aliphatic rings. The second kappa shape index (κ2) is 18.9. The van der Waals surface area contributed by atoms with Gasteiger partial charge in [-0.2, -0.15) is 0 Å². The van der Waals surface area contributed by atoms with E-state index in [0.29, 0.717) is 21.3 Å². The molecule has 0 N–H and O–H groups in total. The summed E-state index contributed by atoms with van der Waals surface area (Å²) in [5.74, 6) is -0.126. The molecule has 0 amide bonds. The Labute approximate surface area is 262 Å². The molecule has 0 saturated carbocycles. The van der Waals surface area contributed by atoms with E-state index in [4.69, 9.17) is 38.7 Å². The molecule has 0 atom stereocenters. The molecule has 0 spiro atoms. The van der Waals surface area contributed by atoms with Gasteiger partial charge in [0.1, 0.15) is 12.5 Å². The second-order valence-electron chi connectivity index (χ2n) is 8.04. The molecule has 0 bridgehead atoms. The van der Waals surface area contributed by atoms with Gasteiger partial charge in [0.05, 0.1) is 6.20 Å². The number of aromatic nitrogens is 2. The minimum absolute atomic E-state index is 0.228. The molecule has 3 rings (SSSR count). The highest BCUT2D eigenvalue weighted by Gasteiger charge is 2.34. The number of benzene rings is 2. The number of nitrogens with zero attached hydrogens (tertiary/aromatic N) is 3. The fourth-order valence-electron chi connectivity index (χ4n) is 3.54. The summed E-state index contributed by atoms with van der Waals surface area (Å²) in [5, 5.41) is 0.502. The number of ether oxygens (including phenoxy) is 1. The Hall–Kier alpha value is -2.47. The van der Waals surface area contributed by atoms with E-state index in [1.807, 2.05) is 48.3 Å². The minimum Gasteiger partial charge on any atom is -0.406 e. The first-order valence-corrected chi connectivity index (χ1v) is 16.0. The molecular formula is C28H39Cl3F3N3O4S. The summed E-state index contributed by atoms with van der Waals surface area (Å²) in [7, 11) is 3.16. The molecule has 14 heteroatoms. The van der Waals surface area contributed by atoms with Crippen molar-refractivity contribution in [3.05, 3.63) is 64.3 Å². The number of hydrogen-bond acceptors (Lipinski definition) is 6. The summed E-state index contributed by atoms with van der Waals surface area (Å²) >= 11 is 12.2. The van der Waals surface area contributed by atoms with Gasteiger partial charge in [0.15, 0.2) is 5.03 Å². The summed E-state index contributed by atoms with van der Waals surface area (Å²) in [6.45, 7) is 17.5. The molecule has 0 radical (unpaired) electrons. The highest BCUT2D eigenvalue weighted by atomic mass is 35.7. The average Bonchev–Trinajstić information content (AvgIpc) is 3.40. The molecule has 1 heterocycles. The van der Waals surface area contributed by atoms with Crippen LogP contribution < -0.4 is 9.64 Å². The molecule has 0 fully saturated rings. The van der Waals surface area contributed by atoms with Gasteiger partial charge in [0, 0.05) is 39.0 Å². The van der Waals surface area contributed by atoms with Crippen LogP contribution in [0.1, 0.15) is 61.0 Å². The molecule has 1 aromatic heterocycles. The minimum atomic E-state index is -4.80. The quantitative estimate of drug-likeness (QED) is 0.232. The molecule has 238 valence electrons. The van der Waals surface area contributed by atoms with Crippen molar-refractivity contribution in [1.82, 2.24) is 9.55 Å². The maximum atomic E-state index is 12.4. The highest BCUT2D eigenvalue weighted by molar-refractivity contribution is 8.13. The van der Waals surface area contributed by atoms with E-state index in [2.05, 4.69) is 9.72 Å². The van der Waals surface area contributed by atoms with Crippen LogP contribution in [0, 0.1) is 0 Å². The lowest BCUT2D eigenvalue weighted by atomic mass is 9.94. The monoisotopic (exact) mass is 675 g/mol. The maximum Gasteiger partial charge on any atom is 0.573 e. The number of hydrogen-bond donors (Lipinski definition) is 0. The van der Waals surface area contributed by atoms with Crippen LogP contribution >= 0.6 is 33.9 Å². The molecule has 3 aromatic rings. The van der Waals surface area contributed by atoms with Gasteiger partial charge < -0.3 is 14.4 Å². The van der Waals surface area contributed by atoms with Gasteiger partial charge in [0.2, 0.25) is 5.95 Å². The zero-order chi connectivity index (χ0) is 33.5. The van der Waals surface area contributed by atoms with Crippen LogP contribution in [0.15, 0.2) is 53.7 Å². The smallest absolute Gasteiger partial charge is 0.406 e. The number of imidazole rings is 1. The molecule has 2 aromatic carbocycles. The van der Waals surface area contributed by atoms with Crippen molar-refractivity contribution in [2.75, 3.05) is 11.9 Å². The zero-order valence-electron chi connectivity index (χ0n) is 25.2. The van der Waals surface area contributed by atoms with Crippen LogP contribution in [0.3, 0.4) is 0 Å². The second-order valence-corrected chi connectivity index (χ2v) is 11.4. The van der Waals surface area contributed by atoms with Gasteiger partial charge in [-0.05, 0) is 56.2 Å². The molecular weight excluding hydrogens is 638 g/mol. The van der Waals surface area contributed by atoms with Gasteiger partial charge in [-0.3, -0.25) is 4.57 Å². The van der Waals surface area contributed by atoms with E-state index < -0.39 is 21.0 Å². The van der Waals surface area contributed by atoms with Gasteiger partial charge in [-0.15, -0.1) is 13.2 Å². The summed E-state index contributed by atoms with van der Waals surface area (Å²) < 4.78 is 67.3. The molecule has 0 saturated heterocycles. The van der Waals surface area contributed by atoms with Gasteiger partial charge in [0.25, 0.3) is 9.05 Å². The first-order chi connectivity index (χ1) is 19.6. The standard InChI is InChI=1S/C21H19Cl3F3N3O3S.3C2H6.CH2O/c1-20(2,11-13-4-6-17(7-5-13)33-21(25,26)27)30-18(34(24,31)32)12-28-19(30)29(3)16-9-14(22)8-15(23)10-16;4*1-2/h4-10,12H,11H2,1-3H3;3*1-2H3;1H2. The van der Waals surface area contributed by atoms with E-state index in [0.717, 1.165) is 6.20 Å². The Morgan fingerprint density at radius 1 is 0.929 bits per heavy atom. The van der Waals surface area contributed by atoms with Crippen LogP contribution in [0.4, 0.5) is 24.8 Å². The third-order valence-electron chi connectivity index (χ3n) is 4.89. The Bertz CT molecular complexity index is 1300.